The molecular formula is C12H17NO8. The van der Waals surface area contributed by atoms with Crippen LogP contribution in [0.3, 0.4) is 0 Å². The number of esters is 3. The van der Waals surface area contributed by atoms with Gasteiger partial charge in [-0.25, -0.2) is 0 Å². The van der Waals surface area contributed by atoms with Gasteiger partial charge in [0.05, 0.1) is 6.61 Å². The van der Waals surface area contributed by atoms with E-state index in [1.807, 2.05) is 0 Å². The fraction of sp³-hybridized carbons (Fsp3) is 0.667. The lowest BCUT2D eigenvalue weighted by Gasteiger charge is -2.36. The molecule has 21 heavy (non-hydrogen) atoms. The van der Waals surface area contributed by atoms with Gasteiger partial charge in [0, 0.05) is 20.8 Å². The second kappa shape index (κ2) is 7.58. The lowest BCUT2D eigenvalue weighted by Crippen LogP contribution is -2.55. The van der Waals surface area contributed by atoms with Crippen LogP contribution >= 0.6 is 0 Å². The van der Waals surface area contributed by atoms with E-state index < -0.39 is 36.2 Å². The maximum atomic E-state index is 11.2. The predicted octanol–water partition coefficient (Wildman–Crippen LogP) is -0.358. The smallest absolute Gasteiger partial charge is 0.303 e. The summed E-state index contributed by atoms with van der Waals surface area (Å²) < 4.78 is 20.2. The molecule has 0 spiro atoms. The van der Waals surface area contributed by atoms with Gasteiger partial charge in [0.15, 0.2) is 12.2 Å². The first-order chi connectivity index (χ1) is 9.85. The van der Waals surface area contributed by atoms with Gasteiger partial charge in [-0.15, -0.1) is 0 Å². The van der Waals surface area contributed by atoms with Gasteiger partial charge in [0.25, 0.3) is 0 Å². The van der Waals surface area contributed by atoms with Crippen LogP contribution < -0.4 is 0 Å². The molecule has 0 aromatic heterocycles. The summed E-state index contributed by atoms with van der Waals surface area (Å²) in [5, 5.41) is 11.9. The van der Waals surface area contributed by atoms with Gasteiger partial charge >= 0.3 is 17.9 Å². The summed E-state index contributed by atoms with van der Waals surface area (Å²) in [5.41, 5.74) is -0.00414. The molecule has 0 aromatic rings. The van der Waals surface area contributed by atoms with E-state index in [0.29, 0.717) is 0 Å². The molecule has 0 aromatic carbocycles. The van der Waals surface area contributed by atoms with Crippen LogP contribution in [0.2, 0.25) is 0 Å². The van der Waals surface area contributed by atoms with Crippen molar-refractivity contribution in [3.05, 3.63) is 0 Å². The SMILES string of the molecule is CC(=O)OC[C@H]1OCC(=NO)[C@@H](OC(C)=O)[C@@H]1OC(C)=O. The topological polar surface area (TPSA) is 121 Å². The van der Waals surface area contributed by atoms with Gasteiger partial charge in [0.2, 0.25) is 0 Å². The first kappa shape index (κ1) is 16.9. The minimum atomic E-state index is -1.11. The lowest BCUT2D eigenvalue weighted by molar-refractivity contribution is -0.182. The molecule has 0 aliphatic carbocycles. The zero-order chi connectivity index (χ0) is 16.0. The first-order valence-corrected chi connectivity index (χ1v) is 6.15. The Labute approximate surface area is 120 Å². The maximum Gasteiger partial charge on any atom is 0.303 e. The van der Waals surface area contributed by atoms with E-state index in [1.165, 1.54) is 6.92 Å². The van der Waals surface area contributed by atoms with E-state index in [1.54, 1.807) is 0 Å². The molecule has 1 aliphatic rings. The molecule has 0 unspecified atom stereocenters. The molecule has 1 N–H and O–H groups in total. The highest BCUT2D eigenvalue weighted by Gasteiger charge is 2.44. The molecule has 1 rings (SSSR count). The summed E-state index contributed by atoms with van der Waals surface area (Å²) in [7, 11) is 0. The third-order valence-electron chi connectivity index (χ3n) is 2.61. The molecule has 118 valence electrons. The van der Waals surface area contributed by atoms with Crippen LogP contribution in [0.25, 0.3) is 0 Å². The second-order valence-corrected chi connectivity index (χ2v) is 4.35. The van der Waals surface area contributed by atoms with Crippen molar-refractivity contribution >= 4 is 23.6 Å². The molecule has 0 amide bonds. The molecule has 1 fully saturated rings. The Morgan fingerprint density at radius 2 is 1.81 bits per heavy atom. The summed E-state index contributed by atoms with van der Waals surface area (Å²) in [6, 6.07) is 0. The molecule has 1 aliphatic heterocycles. The highest BCUT2D eigenvalue weighted by Crippen LogP contribution is 2.21. The average molecular weight is 303 g/mol. The molecule has 3 atom stereocenters. The fourth-order valence-corrected chi connectivity index (χ4v) is 1.83. The Bertz CT molecular complexity index is 447. The summed E-state index contributed by atoms with van der Waals surface area (Å²) >= 11 is 0. The van der Waals surface area contributed by atoms with Crippen molar-refractivity contribution in [2.24, 2.45) is 5.16 Å². The number of hydrogen-bond donors (Lipinski definition) is 1. The lowest BCUT2D eigenvalue weighted by atomic mass is 10.0. The van der Waals surface area contributed by atoms with Crippen LogP contribution in [0.15, 0.2) is 5.16 Å². The summed E-state index contributed by atoms with van der Waals surface area (Å²) in [6.07, 6.45) is -3.02. The number of ether oxygens (including phenoxy) is 4. The van der Waals surface area contributed by atoms with E-state index in [0.717, 1.165) is 13.8 Å². The fourth-order valence-electron chi connectivity index (χ4n) is 1.83. The number of oxime groups is 1. The molecular weight excluding hydrogens is 286 g/mol. The zero-order valence-electron chi connectivity index (χ0n) is 11.9. The van der Waals surface area contributed by atoms with Crippen molar-refractivity contribution in [3.63, 3.8) is 0 Å². The molecule has 1 heterocycles. The quantitative estimate of drug-likeness (QED) is 0.323. The van der Waals surface area contributed by atoms with Gasteiger partial charge in [-0.1, -0.05) is 5.16 Å². The highest BCUT2D eigenvalue weighted by molar-refractivity contribution is 5.92. The summed E-state index contributed by atoms with van der Waals surface area (Å²) in [4.78, 5) is 33.2. The van der Waals surface area contributed by atoms with Gasteiger partial charge < -0.3 is 24.2 Å². The molecule has 0 radical (unpaired) electrons. The number of rotatable bonds is 4. The molecule has 0 saturated carbocycles. The molecule has 0 bridgehead atoms. The van der Waals surface area contributed by atoms with E-state index in [9.17, 15) is 14.4 Å². The summed E-state index contributed by atoms with van der Waals surface area (Å²) in [5.74, 6) is -1.83. The van der Waals surface area contributed by atoms with Crippen LogP contribution in [-0.4, -0.2) is 60.4 Å². The standard InChI is InChI=1S/C12H17NO8/c1-6(14)18-5-10-12(21-8(3)16)11(20-7(2)15)9(13-17)4-19-10/h10-12,17H,4-5H2,1-3H3/t10-,11-,12-/m1/s1. The van der Waals surface area contributed by atoms with Gasteiger partial charge in [-0.2, -0.15) is 0 Å². The van der Waals surface area contributed by atoms with Gasteiger partial charge in [-0.3, -0.25) is 14.4 Å². The Morgan fingerprint density at radius 3 is 2.29 bits per heavy atom. The maximum absolute atomic E-state index is 11.2. The minimum absolute atomic E-state index is 0.00414. The normalized spacial score (nSPS) is 27.0. The Kier molecular flexibility index (Phi) is 6.10. The van der Waals surface area contributed by atoms with Crippen molar-refractivity contribution in [3.8, 4) is 0 Å². The number of carbonyl (C=O) groups is 3. The largest absolute Gasteiger partial charge is 0.463 e. The Hall–Kier alpha value is -2.16. The van der Waals surface area contributed by atoms with Crippen molar-refractivity contribution in [1.29, 1.82) is 0 Å². The summed E-state index contributed by atoms with van der Waals surface area (Å²) in [6.45, 7) is 3.20. The van der Waals surface area contributed by atoms with E-state index in [-0.39, 0.29) is 18.9 Å². The minimum Gasteiger partial charge on any atom is -0.463 e. The van der Waals surface area contributed by atoms with E-state index >= 15 is 0 Å². The number of carbonyl (C=O) groups excluding carboxylic acids is 3. The van der Waals surface area contributed by atoms with Crippen molar-refractivity contribution < 1.29 is 38.5 Å². The second-order valence-electron chi connectivity index (χ2n) is 4.35. The predicted molar refractivity (Wildman–Crippen MR) is 66.7 cm³/mol. The molecule has 9 nitrogen and oxygen atoms in total. The van der Waals surface area contributed by atoms with E-state index in [2.05, 4.69) is 5.16 Å². The first-order valence-electron chi connectivity index (χ1n) is 6.15. The highest BCUT2D eigenvalue weighted by atomic mass is 16.6. The number of nitrogens with zero attached hydrogens (tertiary/aromatic N) is 1. The van der Waals surface area contributed by atoms with Gasteiger partial charge in [0.1, 0.15) is 18.4 Å². The Balaban J connectivity index is 2.95. The van der Waals surface area contributed by atoms with Crippen LogP contribution in [0.4, 0.5) is 0 Å². The van der Waals surface area contributed by atoms with Crippen molar-refractivity contribution in [2.75, 3.05) is 13.2 Å². The van der Waals surface area contributed by atoms with Crippen LogP contribution in [0.1, 0.15) is 20.8 Å². The zero-order valence-corrected chi connectivity index (χ0v) is 11.9. The van der Waals surface area contributed by atoms with Gasteiger partial charge in [-0.05, 0) is 0 Å². The molecule has 1 saturated heterocycles. The van der Waals surface area contributed by atoms with Crippen LogP contribution in [0.5, 0.6) is 0 Å². The monoisotopic (exact) mass is 303 g/mol. The van der Waals surface area contributed by atoms with Crippen LogP contribution in [0, 0.1) is 0 Å². The Morgan fingerprint density at radius 1 is 1.19 bits per heavy atom. The third-order valence-corrected chi connectivity index (χ3v) is 2.61. The molecule has 9 heteroatoms. The number of hydrogen-bond acceptors (Lipinski definition) is 9. The van der Waals surface area contributed by atoms with E-state index in [4.69, 9.17) is 24.2 Å². The van der Waals surface area contributed by atoms with Crippen molar-refractivity contribution in [1.82, 2.24) is 0 Å². The van der Waals surface area contributed by atoms with Crippen molar-refractivity contribution in [2.45, 2.75) is 39.1 Å². The average Bonchev–Trinajstić information content (AvgIpc) is 2.37. The van der Waals surface area contributed by atoms with Crippen LogP contribution in [-0.2, 0) is 33.3 Å². The third kappa shape index (κ3) is 5.03.